The minimum Gasteiger partial charge on any atom is -0.462 e. The summed E-state index contributed by atoms with van der Waals surface area (Å²) in [5.74, 6) is 0.193. The number of hydrogen-bond acceptors (Lipinski definition) is 6. The molecule has 3 aromatic heterocycles. The lowest BCUT2D eigenvalue weighted by atomic mass is 10.1. The SMILES string of the molecule is CCOC(=O)c1cnn(-c2nc3ccccc3[nH]2)c1CNC(CC)c1cccs1. The van der Waals surface area contributed by atoms with Crippen LogP contribution in [0, 0.1) is 0 Å². The van der Waals surface area contributed by atoms with Crippen LogP contribution in [0.2, 0.25) is 0 Å². The second-order valence-corrected chi connectivity index (χ2v) is 7.55. The summed E-state index contributed by atoms with van der Waals surface area (Å²) in [6.45, 7) is 4.71. The third-order valence-corrected chi connectivity index (χ3v) is 5.74. The molecule has 7 nitrogen and oxygen atoms in total. The third-order valence-electron chi connectivity index (χ3n) is 4.75. The molecular formula is C21H23N5O2S. The summed E-state index contributed by atoms with van der Waals surface area (Å²) in [4.78, 5) is 21.7. The van der Waals surface area contributed by atoms with Gasteiger partial charge in [0.15, 0.2) is 0 Å². The van der Waals surface area contributed by atoms with Gasteiger partial charge in [0, 0.05) is 17.5 Å². The lowest BCUT2D eigenvalue weighted by Crippen LogP contribution is -2.23. The molecule has 0 aliphatic rings. The number of nitrogens with zero attached hydrogens (tertiary/aromatic N) is 3. The summed E-state index contributed by atoms with van der Waals surface area (Å²) in [5, 5.41) is 10.1. The number of thiophene rings is 1. The van der Waals surface area contributed by atoms with Crippen LogP contribution in [0.5, 0.6) is 0 Å². The highest BCUT2D eigenvalue weighted by molar-refractivity contribution is 7.10. The molecular weight excluding hydrogens is 386 g/mol. The number of ether oxygens (including phenoxy) is 1. The molecule has 0 amide bonds. The number of imidazole rings is 1. The van der Waals surface area contributed by atoms with Gasteiger partial charge in [0.2, 0.25) is 5.95 Å². The van der Waals surface area contributed by atoms with Crippen molar-refractivity contribution >= 4 is 28.3 Å². The van der Waals surface area contributed by atoms with Crippen LogP contribution in [-0.4, -0.2) is 32.3 Å². The number of carbonyl (C=O) groups is 1. The molecule has 0 bridgehead atoms. The Hall–Kier alpha value is -2.97. The third kappa shape index (κ3) is 3.94. The number of benzene rings is 1. The largest absolute Gasteiger partial charge is 0.462 e. The van der Waals surface area contributed by atoms with Crippen LogP contribution < -0.4 is 5.32 Å². The van der Waals surface area contributed by atoms with E-state index in [0.29, 0.717) is 24.7 Å². The first-order valence-corrected chi connectivity index (χ1v) is 10.5. The quantitative estimate of drug-likeness (QED) is 0.426. The van der Waals surface area contributed by atoms with Crippen molar-refractivity contribution in [2.24, 2.45) is 0 Å². The molecule has 4 rings (SSSR count). The predicted octanol–water partition coefficient (Wildman–Crippen LogP) is 4.23. The zero-order chi connectivity index (χ0) is 20.2. The molecule has 29 heavy (non-hydrogen) atoms. The van der Waals surface area contributed by atoms with Gasteiger partial charge in [0.25, 0.3) is 0 Å². The van der Waals surface area contributed by atoms with E-state index in [4.69, 9.17) is 4.74 Å². The van der Waals surface area contributed by atoms with Crippen LogP contribution in [-0.2, 0) is 11.3 Å². The van der Waals surface area contributed by atoms with Crippen molar-refractivity contribution in [2.45, 2.75) is 32.9 Å². The number of carbonyl (C=O) groups excluding carboxylic acids is 1. The van der Waals surface area contributed by atoms with Crippen LogP contribution in [0.4, 0.5) is 0 Å². The Kier molecular flexibility index (Phi) is 5.73. The van der Waals surface area contributed by atoms with Crippen LogP contribution in [0.3, 0.4) is 0 Å². The number of aromatic amines is 1. The number of para-hydroxylation sites is 2. The van der Waals surface area contributed by atoms with Crippen molar-refractivity contribution in [3.63, 3.8) is 0 Å². The molecule has 0 radical (unpaired) electrons. The molecule has 1 aromatic carbocycles. The van der Waals surface area contributed by atoms with E-state index in [1.807, 2.05) is 30.3 Å². The second-order valence-electron chi connectivity index (χ2n) is 6.57. The molecule has 0 aliphatic heterocycles. The van der Waals surface area contributed by atoms with E-state index in [9.17, 15) is 4.79 Å². The monoisotopic (exact) mass is 409 g/mol. The molecule has 0 saturated heterocycles. The number of esters is 1. The van der Waals surface area contributed by atoms with Crippen molar-refractivity contribution in [3.8, 4) is 5.95 Å². The molecule has 2 N–H and O–H groups in total. The molecule has 0 saturated carbocycles. The molecule has 0 aliphatic carbocycles. The first-order valence-electron chi connectivity index (χ1n) is 9.67. The van der Waals surface area contributed by atoms with Crippen molar-refractivity contribution in [3.05, 3.63) is 64.1 Å². The number of aromatic nitrogens is 4. The first kappa shape index (κ1) is 19.4. The number of nitrogens with one attached hydrogen (secondary N) is 2. The number of fused-ring (bicyclic) bond motifs is 1. The van der Waals surface area contributed by atoms with Crippen LogP contribution in [0.25, 0.3) is 17.0 Å². The smallest absolute Gasteiger partial charge is 0.341 e. The molecule has 4 aromatic rings. The van der Waals surface area contributed by atoms with E-state index in [0.717, 1.165) is 23.1 Å². The molecule has 0 spiro atoms. The van der Waals surface area contributed by atoms with Gasteiger partial charge in [-0.25, -0.2) is 14.5 Å². The Labute approximate surface area is 172 Å². The van der Waals surface area contributed by atoms with Gasteiger partial charge in [0.05, 0.1) is 29.5 Å². The van der Waals surface area contributed by atoms with E-state index in [1.54, 1.807) is 29.1 Å². The van der Waals surface area contributed by atoms with E-state index in [-0.39, 0.29) is 12.0 Å². The van der Waals surface area contributed by atoms with Gasteiger partial charge < -0.3 is 15.0 Å². The molecule has 3 heterocycles. The van der Waals surface area contributed by atoms with Crippen molar-refractivity contribution in [1.82, 2.24) is 25.1 Å². The Morgan fingerprint density at radius 1 is 1.28 bits per heavy atom. The average Bonchev–Trinajstić information content (AvgIpc) is 3.47. The molecule has 0 fully saturated rings. The van der Waals surface area contributed by atoms with E-state index in [2.05, 4.69) is 38.8 Å². The normalized spacial score (nSPS) is 12.3. The minimum atomic E-state index is -0.379. The number of rotatable bonds is 8. The van der Waals surface area contributed by atoms with Gasteiger partial charge in [0.1, 0.15) is 5.56 Å². The van der Waals surface area contributed by atoms with Crippen LogP contribution >= 0.6 is 11.3 Å². The maximum Gasteiger partial charge on any atom is 0.341 e. The summed E-state index contributed by atoms with van der Waals surface area (Å²) < 4.78 is 6.91. The van der Waals surface area contributed by atoms with Gasteiger partial charge in [-0.2, -0.15) is 5.10 Å². The average molecular weight is 410 g/mol. The van der Waals surface area contributed by atoms with Gasteiger partial charge in [-0.05, 0) is 36.9 Å². The van der Waals surface area contributed by atoms with E-state index < -0.39 is 0 Å². The van der Waals surface area contributed by atoms with Crippen molar-refractivity contribution in [2.75, 3.05) is 6.61 Å². The zero-order valence-corrected chi connectivity index (χ0v) is 17.2. The molecule has 1 unspecified atom stereocenters. The van der Waals surface area contributed by atoms with Gasteiger partial charge in [-0.3, -0.25) is 0 Å². The Morgan fingerprint density at radius 2 is 2.14 bits per heavy atom. The maximum atomic E-state index is 12.5. The summed E-state index contributed by atoms with van der Waals surface area (Å²) in [6, 6.07) is 12.2. The summed E-state index contributed by atoms with van der Waals surface area (Å²) >= 11 is 1.72. The second kappa shape index (κ2) is 8.59. The highest BCUT2D eigenvalue weighted by atomic mass is 32.1. The Morgan fingerprint density at radius 3 is 2.86 bits per heavy atom. The van der Waals surface area contributed by atoms with Gasteiger partial charge >= 0.3 is 5.97 Å². The lowest BCUT2D eigenvalue weighted by molar-refractivity contribution is 0.0524. The van der Waals surface area contributed by atoms with E-state index in [1.165, 1.54) is 4.88 Å². The minimum absolute atomic E-state index is 0.198. The maximum absolute atomic E-state index is 12.5. The fraction of sp³-hybridized carbons (Fsp3) is 0.286. The van der Waals surface area contributed by atoms with Crippen molar-refractivity contribution < 1.29 is 9.53 Å². The first-order chi connectivity index (χ1) is 14.2. The fourth-order valence-corrected chi connectivity index (χ4v) is 4.19. The molecule has 8 heteroatoms. The van der Waals surface area contributed by atoms with Gasteiger partial charge in [-0.1, -0.05) is 25.1 Å². The highest BCUT2D eigenvalue weighted by Crippen LogP contribution is 2.23. The number of H-pyrrole nitrogens is 1. The highest BCUT2D eigenvalue weighted by Gasteiger charge is 2.22. The summed E-state index contributed by atoms with van der Waals surface area (Å²) in [6.07, 6.45) is 2.49. The zero-order valence-electron chi connectivity index (χ0n) is 16.4. The standard InChI is InChI=1S/C21H23N5O2S/c1-3-15(19-10-7-11-29-19)22-13-18-14(20(27)28-4-2)12-23-26(18)21-24-16-8-5-6-9-17(16)25-21/h5-12,15,22H,3-4,13H2,1-2H3,(H,24,25). The topological polar surface area (TPSA) is 84.8 Å². The lowest BCUT2D eigenvalue weighted by Gasteiger charge is -2.16. The van der Waals surface area contributed by atoms with Crippen LogP contribution in [0.1, 0.15) is 47.2 Å². The Balaban J connectivity index is 1.69. The molecule has 150 valence electrons. The summed E-state index contributed by atoms with van der Waals surface area (Å²) in [5.41, 5.74) is 2.93. The summed E-state index contributed by atoms with van der Waals surface area (Å²) in [7, 11) is 0. The van der Waals surface area contributed by atoms with Crippen molar-refractivity contribution in [1.29, 1.82) is 0 Å². The fourth-order valence-electron chi connectivity index (χ4n) is 3.30. The van der Waals surface area contributed by atoms with Gasteiger partial charge in [-0.15, -0.1) is 11.3 Å². The predicted molar refractivity (Wildman–Crippen MR) is 113 cm³/mol. The van der Waals surface area contributed by atoms with Crippen LogP contribution in [0.15, 0.2) is 48.0 Å². The number of hydrogen-bond donors (Lipinski definition) is 2. The van der Waals surface area contributed by atoms with E-state index >= 15 is 0 Å². The Bertz CT molecular complexity index is 1070. The molecule has 1 atom stereocenters.